The quantitative estimate of drug-likeness (QED) is 0.418. The Bertz CT molecular complexity index is 1180. The van der Waals surface area contributed by atoms with Crippen LogP contribution in [-0.2, 0) is 6.18 Å². The molecule has 3 aromatic carbocycles. The molecule has 0 aliphatic rings. The van der Waals surface area contributed by atoms with Gasteiger partial charge in [0.15, 0.2) is 11.4 Å². The first-order valence-electron chi connectivity index (χ1n) is 10.0. The van der Waals surface area contributed by atoms with Gasteiger partial charge < -0.3 is 5.32 Å². The zero-order chi connectivity index (χ0) is 23.4. The lowest BCUT2D eigenvalue weighted by Gasteiger charge is -2.19. The third-order valence-electron chi connectivity index (χ3n) is 5.10. The molecule has 1 heterocycles. The van der Waals surface area contributed by atoms with Crippen LogP contribution in [0.2, 0.25) is 0 Å². The molecule has 0 aliphatic heterocycles. The first-order valence-corrected chi connectivity index (χ1v) is 10.0. The molecule has 0 atom stereocenters. The lowest BCUT2D eigenvalue weighted by Crippen LogP contribution is -2.31. The molecule has 1 N–H and O–H groups in total. The molecule has 0 fully saturated rings. The van der Waals surface area contributed by atoms with Crippen molar-refractivity contribution in [2.45, 2.75) is 12.1 Å². The largest absolute Gasteiger partial charge is 0.435 e. The van der Waals surface area contributed by atoms with Crippen LogP contribution in [0.3, 0.4) is 0 Å². The van der Waals surface area contributed by atoms with E-state index < -0.39 is 29.3 Å². The van der Waals surface area contributed by atoms with Crippen molar-refractivity contribution in [2.75, 3.05) is 6.54 Å². The maximum absolute atomic E-state index is 13.8. The van der Waals surface area contributed by atoms with Gasteiger partial charge in [0, 0.05) is 12.5 Å². The number of benzene rings is 3. The third kappa shape index (κ3) is 4.92. The molecule has 1 aromatic heterocycles. The van der Waals surface area contributed by atoms with Crippen molar-refractivity contribution in [1.82, 2.24) is 20.3 Å². The summed E-state index contributed by atoms with van der Waals surface area (Å²) in [6, 6.07) is 22.9. The van der Waals surface area contributed by atoms with Crippen LogP contribution in [0.5, 0.6) is 0 Å². The topological polar surface area (TPSA) is 59.8 Å². The Morgan fingerprint density at radius 2 is 1.42 bits per heavy atom. The minimum atomic E-state index is -4.91. The minimum absolute atomic E-state index is 0.0492. The zero-order valence-corrected chi connectivity index (χ0v) is 17.1. The van der Waals surface area contributed by atoms with Gasteiger partial charge in [0.25, 0.3) is 5.91 Å². The van der Waals surface area contributed by atoms with E-state index in [-0.39, 0.29) is 18.2 Å². The normalized spacial score (nSPS) is 11.5. The highest BCUT2D eigenvalue weighted by Gasteiger charge is 2.42. The monoisotopic (exact) mass is 454 g/mol. The van der Waals surface area contributed by atoms with Gasteiger partial charge in [-0.3, -0.25) is 4.79 Å². The van der Waals surface area contributed by atoms with Crippen LogP contribution in [0.15, 0.2) is 84.9 Å². The summed E-state index contributed by atoms with van der Waals surface area (Å²) in [5.74, 6) is -1.90. The van der Waals surface area contributed by atoms with Crippen LogP contribution < -0.4 is 5.32 Å². The first-order chi connectivity index (χ1) is 15.8. The summed E-state index contributed by atoms with van der Waals surface area (Å²) < 4.78 is 55.2. The van der Waals surface area contributed by atoms with E-state index in [1.807, 2.05) is 60.7 Å². The fourth-order valence-electron chi connectivity index (χ4n) is 3.53. The molecule has 0 spiro atoms. The van der Waals surface area contributed by atoms with Crippen molar-refractivity contribution < 1.29 is 22.4 Å². The molecule has 1 amide bonds. The van der Waals surface area contributed by atoms with Crippen LogP contribution >= 0.6 is 0 Å². The van der Waals surface area contributed by atoms with Crippen molar-refractivity contribution in [3.8, 4) is 5.69 Å². The second-order valence-corrected chi connectivity index (χ2v) is 7.26. The highest BCUT2D eigenvalue weighted by Crippen LogP contribution is 2.33. The molecule has 168 valence electrons. The number of amides is 1. The fraction of sp³-hybridized carbons (Fsp3) is 0.125. The van der Waals surface area contributed by atoms with Gasteiger partial charge in [-0.25, -0.2) is 9.07 Å². The van der Waals surface area contributed by atoms with Crippen LogP contribution in [-0.4, -0.2) is 27.4 Å². The van der Waals surface area contributed by atoms with Gasteiger partial charge in [0.05, 0.1) is 5.69 Å². The number of nitrogens with zero attached hydrogens (tertiary/aromatic N) is 3. The minimum Gasteiger partial charge on any atom is -0.350 e. The molecular formula is C24H18F4N4O. The van der Waals surface area contributed by atoms with Crippen molar-refractivity contribution in [1.29, 1.82) is 0 Å². The number of halogens is 4. The molecule has 0 radical (unpaired) electrons. The summed E-state index contributed by atoms with van der Waals surface area (Å²) in [6.07, 6.45) is -4.91. The van der Waals surface area contributed by atoms with Gasteiger partial charge in [-0.1, -0.05) is 65.9 Å². The van der Waals surface area contributed by atoms with Gasteiger partial charge in [-0.15, -0.1) is 5.10 Å². The number of hydrogen-bond acceptors (Lipinski definition) is 3. The molecule has 0 saturated carbocycles. The Hall–Kier alpha value is -4.01. The molecule has 0 bridgehead atoms. The molecule has 9 heteroatoms. The summed E-state index contributed by atoms with van der Waals surface area (Å²) in [6.45, 7) is 0.0492. The molecule has 33 heavy (non-hydrogen) atoms. The fourth-order valence-corrected chi connectivity index (χ4v) is 3.53. The van der Waals surface area contributed by atoms with E-state index in [9.17, 15) is 22.4 Å². The predicted molar refractivity (Wildman–Crippen MR) is 113 cm³/mol. The van der Waals surface area contributed by atoms with Gasteiger partial charge >= 0.3 is 6.18 Å². The molecule has 4 rings (SSSR count). The summed E-state index contributed by atoms with van der Waals surface area (Å²) >= 11 is 0. The predicted octanol–water partition coefficient (Wildman–Crippen LogP) is 4.99. The Morgan fingerprint density at radius 3 is 1.94 bits per heavy atom. The maximum Gasteiger partial charge on any atom is 0.435 e. The maximum atomic E-state index is 13.8. The van der Waals surface area contributed by atoms with Crippen molar-refractivity contribution in [3.05, 3.63) is 113 Å². The molecule has 0 aliphatic carbocycles. The second kappa shape index (κ2) is 9.23. The van der Waals surface area contributed by atoms with Crippen molar-refractivity contribution >= 4 is 5.91 Å². The summed E-state index contributed by atoms with van der Waals surface area (Å²) in [5, 5.41) is 9.57. The van der Waals surface area contributed by atoms with Crippen molar-refractivity contribution in [3.63, 3.8) is 0 Å². The van der Waals surface area contributed by atoms with Crippen molar-refractivity contribution in [2.24, 2.45) is 0 Å². The number of hydrogen-bond donors (Lipinski definition) is 1. The average molecular weight is 454 g/mol. The Balaban J connectivity index is 1.63. The SMILES string of the molecule is O=C(NCC(c1ccccc1)c1ccccc1)c1nnn(-c2ccc(F)cc2)c1C(F)(F)F. The molecule has 5 nitrogen and oxygen atoms in total. The number of rotatable bonds is 6. The number of carbonyl (C=O) groups excluding carboxylic acids is 1. The summed E-state index contributed by atoms with van der Waals surface area (Å²) in [5.41, 5.74) is -0.457. The van der Waals surface area contributed by atoms with Crippen LogP contribution in [0, 0.1) is 5.82 Å². The number of alkyl halides is 3. The van der Waals surface area contributed by atoms with Gasteiger partial charge in [0.2, 0.25) is 0 Å². The highest BCUT2D eigenvalue weighted by atomic mass is 19.4. The van der Waals surface area contributed by atoms with E-state index in [0.29, 0.717) is 4.68 Å². The Kier molecular flexibility index (Phi) is 6.21. The zero-order valence-electron chi connectivity index (χ0n) is 17.1. The Morgan fingerprint density at radius 1 is 0.879 bits per heavy atom. The van der Waals surface area contributed by atoms with E-state index in [4.69, 9.17) is 0 Å². The highest BCUT2D eigenvalue weighted by molar-refractivity contribution is 5.93. The standard InChI is InChI=1S/C24H18F4N4O/c25-18-11-13-19(14-12-18)32-22(24(26,27)28)21(30-31-32)23(33)29-15-20(16-7-3-1-4-8-16)17-9-5-2-6-10-17/h1-14,20H,15H2,(H,29,33). The lowest BCUT2D eigenvalue weighted by atomic mass is 9.91. The molecular weight excluding hydrogens is 436 g/mol. The van der Waals surface area contributed by atoms with Crippen LogP contribution in [0.1, 0.15) is 33.2 Å². The van der Waals surface area contributed by atoms with E-state index in [1.54, 1.807) is 0 Å². The van der Waals surface area contributed by atoms with E-state index >= 15 is 0 Å². The second-order valence-electron chi connectivity index (χ2n) is 7.26. The first kappa shape index (κ1) is 22.2. The Labute approximate surface area is 186 Å². The number of aromatic nitrogens is 3. The van der Waals surface area contributed by atoms with Gasteiger partial charge in [-0.05, 0) is 35.4 Å². The molecule has 4 aromatic rings. The summed E-state index contributed by atoms with van der Waals surface area (Å²) in [7, 11) is 0. The number of carbonyl (C=O) groups is 1. The average Bonchev–Trinajstić information content (AvgIpc) is 3.27. The number of nitrogens with one attached hydrogen (secondary N) is 1. The van der Waals surface area contributed by atoms with Gasteiger partial charge in [0.1, 0.15) is 5.82 Å². The summed E-state index contributed by atoms with van der Waals surface area (Å²) in [4.78, 5) is 12.8. The van der Waals surface area contributed by atoms with E-state index in [0.717, 1.165) is 35.4 Å². The molecule has 0 saturated heterocycles. The van der Waals surface area contributed by atoms with Gasteiger partial charge in [-0.2, -0.15) is 13.2 Å². The van der Waals surface area contributed by atoms with Crippen LogP contribution in [0.4, 0.5) is 17.6 Å². The smallest absolute Gasteiger partial charge is 0.350 e. The third-order valence-corrected chi connectivity index (χ3v) is 5.10. The van der Waals surface area contributed by atoms with E-state index in [1.165, 1.54) is 0 Å². The van der Waals surface area contributed by atoms with E-state index in [2.05, 4.69) is 15.6 Å². The van der Waals surface area contributed by atoms with Crippen LogP contribution in [0.25, 0.3) is 5.69 Å². The molecule has 0 unspecified atom stereocenters. The lowest BCUT2D eigenvalue weighted by molar-refractivity contribution is -0.143.